The van der Waals surface area contributed by atoms with E-state index in [1.807, 2.05) is 6.08 Å². The molecule has 4 heteroatoms. The highest BCUT2D eigenvalue weighted by Gasteiger charge is 2.03. The number of methoxy groups -OCH3 is 2. The van der Waals surface area contributed by atoms with Crippen LogP contribution in [0.3, 0.4) is 0 Å². The van der Waals surface area contributed by atoms with Crippen molar-refractivity contribution in [1.29, 1.82) is 0 Å². The Labute approximate surface area is 96.9 Å². The summed E-state index contributed by atoms with van der Waals surface area (Å²) in [5.74, 6) is -0.384. The summed E-state index contributed by atoms with van der Waals surface area (Å²) in [4.78, 5) is 10.9. The zero-order valence-corrected chi connectivity index (χ0v) is 10.1. The second kappa shape index (κ2) is 10.4. The molecule has 0 bridgehead atoms. The molecule has 0 aromatic heterocycles. The highest BCUT2D eigenvalue weighted by atomic mass is 16.7. The lowest BCUT2D eigenvalue weighted by molar-refractivity contribution is -0.135. The lowest BCUT2D eigenvalue weighted by Crippen LogP contribution is -2.11. The van der Waals surface area contributed by atoms with Gasteiger partial charge in [0.25, 0.3) is 0 Å². The van der Waals surface area contributed by atoms with Gasteiger partial charge in [-0.25, -0.2) is 4.79 Å². The Bertz CT molecular complexity index is 233. The van der Waals surface area contributed by atoms with Crippen molar-refractivity contribution in [3.63, 3.8) is 0 Å². The number of hydrogen-bond donors (Lipinski definition) is 0. The van der Waals surface area contributed by atoms with E-state index in [0.29, 0.717) is 6.42 Å². The molecule has 0 aromatic carbocycles. The van der Waals surface area contributed by atoms with E-state index in [4.69, 9.17) is 9.47 Å². The van der Waals surface area contributed by atoms with Gasteiger partial charge in [-0.05, 0) is 18.9 Å². The minimum Gasteiger partial charge on any atom is -0.466 e. The van der Waals surface area contributed by atoms with Crippen LogP contribution in [0, 0.1) is 0 Å². The first kappa shape index (κ1) is 14.9. The molecule has 0 aliphatic carbocycles. The largest absolute Gasteiger partial charge is 0.466 e. The molecule has 0 unspecified atom stereocenters. The van der Waals surface area contributed by atoms with Crippen molar-refractivity contribution in [2.75, 3.05) is 21.0 Å². The maximum Gasteiger partial charge on any atom is 0.330 e. The summed E-state index contributed by atoms with van der Waals surface area (Å²) in [6.45, 7) is 2.27. The molecular formula is C12H20O4. The lowest BCUT2D eigenvalue weighted by Gasteiger charge is -2.10. The molecule has 0 radical (unpaired) electrons. The van der Waals surface area contributed by atoms with Gasteiger partial charge in [0.2, 0.25) is 0 Å². The molecule has 0 N–H and O–H groups in total. The number of carbonyl (C=O) groups excluding carboxylic acids is 1. The molecule has 16 heavy (non-hydrogen) atoms. The fraction of sp³-hybridized carbons (Fsp3) is 0.583. The molecule has 0 fully saturated rings. The Morgan fingerprint density at radius 2 is 2.06 bits per heavy atom. The van der Waals surface area contributed by atoms with Crippen LogP contribution < -0.4 is 0 Å². The summed E-state index contributed by atoms with van der Waals surface area (Å²) in [5, 5.41) is 0. The smallest absolute Gasteiger partial charge is 0.330 e. The van der Waals surface area contributed by atoms with Gasteiger partial charge in [0.05, 0.1) is 13.2 Å². The number of hydrogen-bond acceptors (Lipinski definition) is 4. The Morgan fingerprint density at radius 3 is 2.62 bits per heavy atom. The SMILES string of the molecule is CC/C=C\C[C@H](/C=C\C(=O)OC)OCOC. The number of esters is 1. The molecule has 1 atom stereocenters. The van der Waals surface area contributed by atoms with Gasteiger partial charge in [-0.3, -0.25) is 0 Å². The van der Waals surface area contributed by atoms with Crippen molar-refractivity contribution in [2.24, 2.45) is 0 Å². The zero-order valence-electron chi connectivity index (χ0n) is 10.1. The summed E-state index contributed by atoms with van der Waals surface area (Å²) in [5.41, 5.74) is 0. The van der Waals surface area contributed by atoms with E-state index in [2.05, 4.69) is 17.7 Å². The summed E-state index contributed by atoms with van der Waals surface area (Å²) >= 11 is 0. The van der Waals surface area contributed by atoms with Crippen LogP contribution in [-0.4, -0.2) is 33.1 Å². The van der Waals surface area contributed by atoms with Crippen LogP contribution in [0.25, 0.3) is 0 Å². The molecule has 0 aromatic rings. The molecule has 0 spiro atoms. The quantitative estimate of drug-likeness (QED) is 0.276. The fourth-order valence-electron chi connectivity index (χ4n) is 1.01. The topological polar surface area (TPSA) is 44.8 Å². The highest BCUT2D eigenvalue weighted by Crippen LogP contribution is 2.03. The fourth-order valence-corrected chi connectivity index (χ4v) is 1.01. The minimum atomic E-state index is -0.384. The third-order valence-corrected chi connectivity index (χ3v) is 1.82. The van der Waals surface area contributed by atoms with Gasteiger partial charge in [0, 0.05) is 13.2 Å². The van der Waals surface area contributed by atoms with E-state index in [1.54, 1.807) is 13.2 Å². The molecule has 0 amide bonds. The first-order valence-corrected chi connectivity index (χ1v) is 5.26. The van der Waals surface area contributed by atoms with Crippen LogP contribution in [0.15, 0.2) is 24.3 Å². The van der Waals surface area contributed by atoms with Gasteiger partial charge in [-0.2, -0.15) is 0 Å². The second-order valence-electron chi connectivity index (χ2n) is 3.11. The van der Waals surface area contributed by atoms with E-state index in [0.717, 1.165) is 6.42 Å². The third-order valence-electron chi connectivity index (χ3n) is 1.82. The number of allylic oxidation sites excluding steroid dienone is 1. The molecule has 0 rings (SSSR count). The summed E-state index contributed by atoms with van der Waals surface area (Å²) in [6.07, 6.45) is 8.63. The van der Waals surface area contributed by atoms with Gasteiger partial charge < -0.3 is 14.2 Å². The van der Waals surface area contributed by atoms with Crippen LogP contribution >= 0.6 is 0 Å². The number of rotatable bonds is 8. The molecular weight excluding hydrogens is 208 g/mol. The zero-order chi connectivity index (χ0) is 12.2. The normalized spacial score (nSPS) is 13.4. The van der Waals surface area contributed by atoms with Gasteiger partial charge in [0.1, 0.15) is 6.79 Å². The lowest BCUT2D eigenvalue weighted by atomic mass is 10.2. The molecule has 0 saturated carbocycles. The van der Waals surface area contributed by atoms with Crippen molar-refractivity contribution in [3.8, 4) is 0 Å². The Morgan fingerprint density at radius 1 is 1.31 bits per heavy atom. The van der Waals surface area contributed by atoms with Crippen molar-refractivity contribution >= 4 is 5.97 Å². The van der Waals surface area contributed by atoms with Crippen LogP contribution in [-0.2, 0) is 19.0 Å². The van der Waals surface area contributed by atoms with Gasteiger partial charge in [-0.1, -0.05) is 19.1 Å². The van der Waals surface area contributed by atoms with Crippen molar-refractivity contribution in [1.82, 2.24) is 0 Å². The van der Waals surface area contributed by atoms with Crippen LogP contribution in [0.2, 0.25) is 0 Å². The van der Waals surface area contributed by atoms with E-state index in [-0.39, 0.29) is 18.9 Å². The Balaban J connectivity index is 4.13. The van der Waals surface area contributed by atoms with Gasteiger partial charge >= 0.3 is 5.97 Å². The Hall–Kier alpha value is -1.13. The molecule has 0 aliphatic rings. The van der Waals surface area contributed by atoms with E-state index >= 15 is 0 Å². The molecule has 4 nitrogen and oxygen atoms in total. The second-order valence-corrected chi connectivity index (χ2v) is 3.11. The maximum atomic E-state index is 10.9. The van der Waals surface area contributed by atoms with Crippen LogP contribution in [0.5, 0.6) is 0 Å². The van der Waals surface area contributed by atoms with Gasteiger partial charge in [0.15, 0.2) is 0 Å². The van der Waals surface area contributed by atoms with Crippen molar-refractivity contribution in [3.05, 3.63) is 24.3 Å². The third kappa shape index (κ3) is 8.20. The standard InChI is InChI=1S/C12H20O4/c1-4-5-6-7-11(16-10-14-2)8-9-12(13)15-3/h5-6,8-9,11H,4,7,10H2,1-3H3/b6-5-,9-8-/t11-/m1/s1. The average molecular weight is 228 g/mol. The maximum absolute atomic E-state index is 10.9. The van der Waals surface area contributed by atoms with E-state index < -0.39 is 0 Å². The van der Waals surface area contributed by atoms with E-state index in [1.165, 1.54) is 13.2 Å². The number of ether oxygens (including phenoxy) is 3. The molecule has 0 saturated heterocycles. The average Bonchev–Trinajstić information content (AvgIpc) is 2.31. The van der Waals surface area contributed by atoms with Crippen molar-refractivity contribution < 1.29 is 19.0 Å². The van der Waals surface area contributed by atoms with Crippen LogP contribution in [0.4, 0.5) is 0 Å². The predicted molar refractivity (Wildman–Crippen MR) is 62.0 cm³/mol. The highest BCUT2D eigenvalue weighted by molar-refractivity contribution is 5.81. The van der Waals surface area contributed by atoms with E-state index in [9.17, 15) is 4.79 Å². The molecule has 92 valence electrons. The molecule has 0 aliphatic heterocycles. The van der Waals surface area contributed by atoms with Gasteiger partial charge in [-0.15, -0.1) is 0 Å². The number of carbonyl (C=O) groups is 1. The summed E-state index contributed by atoms with van der Waals surface area (Å²) < 4.78 is 14.7. The van der Waals surface area contributed by atoms with Crippen LogP contribution in [0.1, 0.15) is 19.8 Å². The molecule has 0 heterocycles. The first-order chi connectivity index (χ1) is 7.74. The predicted octanol–water partition coefficient (Wildman–Crippen LogP) is 2.06. The monoisotopic (exact) mass is 228 g/mol. The minimum absolute atomic E-state index is 0.165. The summed E-state index contributed by atoms with van der Waals surface area (Å²) in [7, 11) is 2.90. The Kier molecular flexibility index (Phi) is 9.66. The van der Waals surface area contributed by atoms with Crippen molar-refractivity contribution in [2.45, 2.75) is 25.9 Å². The summed E-state index contributed by atoms with van der Waals surface area (Å²) in [6, 6.07) is 0. The first-order valence-electron chi connectivity index (χ1n) is 5.26.